The number of rotatable bonds is 3. The molecule has 2 aromatic rings. The zero-order valence-corrected chi connectivity index (χ0v) is 16.6. The van der Waals surface area contributed by atoms with E-state index < -0.39 is 5.54 Å². The van der Waals surface area contributed by atoms with Crippen molar-refractivity contribution in [1.29, 1.82) is 0 Å². The van der Waals surface area contributed by atoms with Gasteiger partial charge in [-0.2, -0.15) is 0 Å². The van der Waals surface area contributed by atoms with Gasteiger partial charge in [-0.15, -0.1) is 0 Å². The second-order valence-corrected chi connectivity index (χ2v) is 8.06. The van der Waals surface area contributed by atoms with E-state index in [2.05, 4.69) is 10.6 Å². The van der Waals surface area contributed by atoms with Crippen molar-refractivity contribution in [3.8, 4) is 0 Å². The number of carbonyl (C=O) groups excluding carboxylic acids is 2. The molecule has 2 N–H and O–H groups in total. The van der Waals surface area contributed by atoms with Gasteiger partial charge in [0.25, 0.3) is 0 Å². The Bertz CT molecular complexity index is 937. The van der Waals surface area contributed by atoms with E-state index in [1.54, 1.807) is 24.0 Å². The molecule has 152 valence electrons. The van der Waals surface area contributed by atoms with E-state index in [1.165, 1.54) is 6.07 Å². The summed E-state index contributed by atoms with van der Waals surface area (Å²) in [6.45, 7) is 2.72. The van der Waals surface area contributed by atoms with Crippen LogP contribution in [0.4, 0.5) is 14.9 Å². The number of anilines is 1. The van der Waals surface area contributed by atoms with Gasteiger partial charge in [0.15, 0.2) is 0 Å². The van der Waals surface area contributed by atoms with Crippen molar-refractivity contribution < 1.29 is 14.0 Å². The fraction of sp³-hybridized carbons (Fsp3) is 0.391. The molecule has 5 nitrogen and oxygen atoms in total. The van der Waals surface area contributed by atoms with Crippen LogP contribution in [0.1, 0.15) is 55.7 Å². The van der Waals surface area contributed by atoms with Crippen molar-refractivity contribution in [2.45, 2.75) is 57.7 Å². The second-order valence-electron chi connectivity index (χ2n) is 8.06. The van der Waals surface area contributed by atoms with E-state index in [9.17, 15) is 14.0 Å². The summed E-state index contributed by atoms with van der Waals surface area (Å²) in [5, 5.41) is 5.98. The summed E-state index contributed by atoms with van der Waals surface area (Å²) in [5.41, 5.74) is 2.68. The molecule has 0 bridgehead atoms. The quantitative estimate of drug-likeness (QED) is 0.793. The van der Waals surface area contributed by atoms with Crippen molar-refractivity contribution in [3.05, 3.63) is 65.0 Å². The Balaban J connectivity index is 1.51. The number of nitrogens with one attached hydrogen (secondary N) is 2. The molecule has 4 rings (SSSR count). The number of hydrogen-bond acceptors (Lipinski definition) is 2. The van der Waals surface area contributed by atoms with Crippen LogP contribution in [0.15, 0.2) is 42.5 Å². The Morgan fingerprint density at radius 1 is 1.00 bits per heavy atom. The molecule has 3 amide bonds. The van der Waals surface area contributed by atoms with Crippen LogP contribution in [0.3, 0.4) is 0 Å². The van der Waals surface area contributed by atoms with Gasteiger partial charge in [-0.1, -0.05) is 43.5 Å². The van der Waals surface area contributed by atoms with Gasteiger partial charge >= 0.3 is 6.03 Å². The summed E-state index contributed by atoms with van der Waals surface area (Å²) in [7, 11) is 0. The predicted octanol–water partition coefficient (Wildman–Crippen LogP) is 4.67. The van der Waals surface area contributed by atoms with E-state index >= 15 is 0 Å². The van der Waals surface area contributed by atoms with Crippen LogP contribution in [-0.2, 0) is 23.4 Å². The normalized spacial score (nSPS) is 17.5. The van der Waals surface area contributed by atoms with Crippen molar-refractivity contribution in [2.24, 2.45) is 0 Å². The SMILES string of the molecule is CC(=O)N1Cc2ccc(NC(=O)NC3(c4ccccc4F)CCCCC3)cc2C1. The lowest BCUT2D eigenvalue weighted by molar-refractivity contribution is -0.129. The monoisotopic (exact) mass is 395 g/mol. The fourth-order valence-electron chi connectivity index (χ4n) is 4.54. The molecule has 1 saturated carbocycles. The zero-order chi connectivity index (χ0) is 20.4. The molecule has 0 atom stereocenters. The van der Waals surface area contributed by atoms with Crippen LogP contribution in [0.5, 0.6) is 0 Å². The maximum atomic E-state index is 14.5. The number of halogens is 1. The standard InChI is InChI=1S/C23H26FN3O2/c1-16(28)27-14-17-9-10-19(13-18(17)15-27)25-22(29)26-23(11-5-2-6-12-23)20-7-3-4-8-21(20)24/h3-4,7-10,13H,2,5-6,11-12,14-15H2,1H3,(H2,25,26,29). The molecular weight excluding hydrogens is 369 g/mol. The largest absolute Gasteiger partial charge is 0.334 e. The Kier molecular flexibility index (Phi) is 5.26. The molecule has 1 aliphatic carbocycles. The highest BCUT2D eigenvalue weighted by Gasteiger charge is 2.37. The molecule has 0 spiro atoms. The Morgan fingerprint density at radius 3 is 2.45 bits per heavy atom. The average Bonchev–Trinajstić information content (AvgIpc) is 3.12. The highest BCUT2D eigenvalue weighted by molar-refractivity contribution is 5.90. The zero-order valence-electron chi connectivity index (χ0n) is 16.6. The summed E-state index contributed by atoms with van der Waals surface area (Å²) in [5.74, 6) is -0.242. The van der Waals surface area contributed by atoms with Crippen LogP contribution in [0.2, 0.25) is 0 Å². The third-order valence-corrected chi connectivity index (χ3v) is 6.08. The molecule has 0 radical (unpaired) electrons. The smallest absolute Gasteiger partial charge is 0.319 e. The van der Waals surface area contributed by atoms with Crippen molar-refractivity contribution in [2.75, 3.05) is 5.32 Å². The van der Waals surface area contributed by atoms with Crippen molar-refractivity contribution >= 4 is 17.6 Å². The van der Waals surface area contributed by atoms with Gasteiger partial charge in [0, 0.05) is 31.3 Å². The van der Waals surface area contributed by atoms with E-state index in [1.807, 2.05) is 24.3 Å². The number of carbonyl (C=O) groups is 2. The Morgan fingerprint density at radius 2 is 1.72 bits per heavy atom. The summed E-state index contributed by atoms with van der Waals surface area (Å²) in [6, 6.07) is 12.1. The first kappa shape index (κ1) is 19.4. The van der Waals surface area contributed by atoms with Crippen molar-refractivity contribution in [3.63, 3.8) is 0 Å². The average molecular weight is 395 g/mol. The molecule has 6 heteroatoms. The number of nitrogens with zero attached hydrogens (tertiary/aromatic N) is 1. The number of urea groups is 1. The van der Waals surface area contributed by atoms with Crippen LogP contribution in [0, 0.1) is 5.82 Å². The van der Waals surface area contributed by atoms with Gasteiger partial charge < -0.3 is 15.5 Å². The molecule has 1 aliphatic heterocycles. The lowest BCUT2D eigenvalue weighted by Gasteiger charge is -2.38. The molecule has 2 aliphatic rings. The van der Waals surface area contributed by atoms with E-state index in [4.69, 9.17) is 0 Å². The maximum absolute atomic E-state index is 14.5. The van der Waals surface area contributed by atoms with E-state index in [0.717, 1.165) is 43.2 Å². The summed E-state index contributed by atoms with van der Waals surface area (Å²) >= 11 is 0. The first-order valence-corrected chi connectivity index (χ1v) is 10.2. The topological polar surface area (TPSA) is 61.4 Å². The van der Waals surface area contributed by atoms with Gasteiger partial charge in [-0.25, -0.2) is 9.18 Å². The van der Waals surface area contributed by atoms with E-state index in [-0.39, 0.29) is 17.8 Å². The minimum Gasteiger partial charge on any atom is -0.334 e. The molecule has 0 aromatic heterocycles. The lowest BCUT2D eigenvalue weighted by atomic mass is 9.76. The third-order valence-electron chi connectivity index (χ3n) is 6.08. The van der Waals surface area contributed by atoms with Crippen LogP contribution in [-0.4, -0.2) is 16.8 Å². The highest BCUT2D eigenvalue weighted by Crippen LogP contribution is 2.38. The molecule has 2 aromatic carbocycles. The Labute approximate surface area is 170 Å². The lowest BCUT2D eigenvalue weighted by Crippen LogP contribution is -2.49. The minimum absolute atomic E-state index is 0.0394. The molecule has 0 unspecified atom stereocenters. The summed E-state index contributed by atoms with van der Waals surface area (Å²) < 4.78 is 14.5. The minimum atomic E-state index is -0.685. The third kappa shape index (κ3) is 3.97. The fourth-order valence-corrected chi connectivity index (χ4v) is 4.54. The maximum Gasteiger partial charge on any atom is 0.319 e. The molecular formula is C23H26FN3O2. The van der Waals surface area contributed by atoms with Crippen LogP contribution < -0.4 is 10.6 Å². The van der Waals surface area contributed by atoms with Gasteiger partial charge in [0.05, 0.1) is 5.54 Å². The highest BCUT2D eigenvalue weighted by atomic mass is 19.1. The number of hydrogen-bond donors (Lipinski definition) is 2. The number of fused-ring (bicyclic) bond motifs is 1. The second kappa shape index (κ2) is 7.85. The first-order valence-electron chi connectivity index (χ1n) is 10.2. The van der Waals surface area contributed by atoms with Gasteiger partial charge in [-0.05, 0) is 42.2 Å². The summed E-state index contributed by atoms with van der Waals surface area (Å²) in [4.78, 5) is 26.2. The van der Waals surface area contributed by atoms with Crippen LogP contribution >= 0.6 is 0 Å². The summed E-state index contributed by atoms with van der Waals surface area (Å²) in [6.07, 6.45) is 4.44. The van der Waals surface area contributed by atoms with Crippen LogP contribution in [0.25, 0.3) is 0 Å². The first-order chi connectivity index (χ1) is 14.0. The predicted molar refractivity (Wildman–Crippen MR) is 110 cm³/mol. The van der Waals surface area contributed by atoms with Crippen molar-refractivity contribution in [1.82, 2.24) is 10.2 Å². The van der Waals surface area contributed by atoms with E-state index in [0.29, 0.717) is 24.3 Å². The van der Waals surface area contributed by atoms with Gasteiger partial charge in [0.2, 0.25) is 5.91 Å². The number of benzene rings is 2. The van der Waals surface area contributed by atoms with Gasteiger partial charge in [0.1, 0.15) is 5.82 Å². The number of amides is 3. The Hall–Kier alpha value is -2.89. The molecule has 1 heterocycles. The molecule has 29 heavy (non-hydrogen) atoms. The van der Waals surface area contributed by atoms with Gasteiger partial charge in [-0.3, -0.25) is 4.79 Å². The molecule has 1 fully saturated rings. The molecule has 0 saturated heterocycles.